The molecule has 0 aliphatic rings. The maximum absolute atomic E-state index is 12.7. The van der Waals surface area contributed by atoms with Crippen molar-refractivity contribution in [1.29, 1.82) is 0 Å². The van der Waals surface area contributed by atoms with E-state index in [2.05, 4.69) is 30.8 Å². The second-order valence-corrected chi connectivity index (χ2v) is 15.2. The Balaban J connectivity index is 4.03. The smallest absolute Gasteiger partial charge is 0.306 e. The Morgan fingerprint density at radius 3 is 1.46 bits per heavy atom. The third kappa shape index (κ3) is 38.2. The minimum atomic E-state index is -0.103. The van der Waals surface area contributed by atoms with E-state index >= 15 is 0 Å². The monoisotopic (exact) mass is 739 g/mol. The number of carbonyl (C=O) groups is 2. The van der Waals surface area contributed by atoms with Gasteiger partial charge in [0.1, 0.15) is 6.10 Å². The maximum atomic E-state index is 12.7. The van der Waals surface area contributed by atoms with Crippen molar-refractivity contribution >= 4 is 11.9 Å². The second kappa shape index (κ2) is 42.2. The zero-order valence-electron chi connectivity index (χ0n) is 34.8. The summed E-state index contributed by atoms with van der Waals surface area (Å²) < 4.78 is 17.1. The van der Waals surface area contributed by atoms with Crippen LogP contribution in [0.5, 0.6) is 0 Å². The van der Waals surface area contributed by atoms with Gasteiger partial charge in [0.05, 0.1) is 13.2 Å². The highest BCUT2D eigenvalue weighted by Crippen LogP contribution is 2.18. The molecule has 0 radical (unpaired) electrons. The van der Waals surface area contributed by atoms with E-state index in [-0.39, 0.29) is 18.0 Å². The van der Waals surface area contributed by atoms with Gasteiger partial charge in [0.15, 0.2) is 0 Å². The largest absolute Gasteiger partial charge is 0.466 e. The molecule has 0 saturated heterocycles. The number of nitrogens with zero attached hydrogens (tertiary/aromatic N) is 2. The first-order chi connectivity index (χ1) is 25.6. The van der Waals surface area contributed by atoms with Gasteiger partial charge in [-0.05, 0) is 83.7 Å². The lowest BCUT2D eigenvalue weighted by Gasteiger charge is -2.21. The molecular formula is C44H86N2O6. The van der Waals surface area contributed by atoms with Gasteiger partial charge in [-0.3, -0.25) is 9.59 Å². The van der Waals surface area contributed by atoms with Crippen LogP contribution in [0.4, 0.5) is 0 Å². The van der Waals surface area contributed by atoms with E-state index in [1.165, 1.54) is 103 Å². The van der Waals surface area contributed by atoms with Gasteiger partial charge in [-0.15, -0.1) is 0 Å². The first kappa shape index (κ1) is 50.5. The summed E-state index contributed by atoms with van der Waals surface area (Å²) in [5, 5.41) is 3.08. The van der Waals surface area contributed by atoms with E-state index < -0.39 is 0 Å². The molecule has 0 spiro atoms. The third-order valence-corrected chi connectivity index (χ3v) is 10.1. The van der Waals surface area contributed by atoms with Crippen LogP contribution in [-0.4, -0.2) is 68.9 Å². The predicted molar refractivity (Wildman–Crippen MR) is 219 cm³/mol. The van der Waals surface area contributed by atoms with Gasteiger partial charge in [0.25, 0.3) is 0 Å². The van der Waals surface area contributed by atoms with E-state index in [4.69, 9.17) is 14.2 Å². The van der Waals surface area contributed by atoms with Crippen LogP contribution in [0.2, 0.25) is 0 Å². The summed E-state index contributed by atoms with van der Waals surface area (Å²) >= 11 is 0. The van der Waals surface area contributed by atoms with Gasteiger partial charge in [-0.2, -0.15) is 4.91 Å². The average Bonchev–Trinajstić information content (AvgIpc) is 3.14. The van der Waals surface area contributed by atoms with Crippen LogP contribution < -0.4 is 0 Å². The molecule has 0 atom stereocenters. The molecule has 0 fully saturated rings. The number of rotatable bonds is 43. The lowest BCUT2D eigenvalue weighted by Crippen LogP contribution is -2.28. The summed E-state index contributed by atoms with van der Waals surface area (Å²) in [7, 11) is 0. The van der Waals surface area contributed by atoms with Crippen molar-refractivity contribution in [2.24, 2.45) is 5.18 Å². The Hall–Kier alpha value is -1.54. The van der Waals surface area contributed by atoms with Crippen LogP contribution in [0.1, 0.15) is 220 Å². The fourth-order valence-corrected chi connectivity index (χ4v) is 6.72. The molecule has 0 aromatic carbocycles. The molecule has 308 valence electrons. The lowest BCUT2D eigenvalue weighted by molar-refractivity contribution is -0.150. The van der Waals surface area contributed by atoms with Crippen LogP contribution in [0.25, 0.3) is 0 Å². The Kier molecular flexibility index (Phi) is 41.0. The van der Waals surface area contributed by atoms with Crippen LogP contribution >= 0.6 is 0 Å². The Labute approximate surface area is 322 Å². The summed E-state index contributed by atoms with van der Waals surface area (Å²) in [6.07, 6.45) is 34.5. The first-order valence-electron chi connectivity index (χ1n) is 22.5. The minimum absolute atomic E-state index is 0.00745. The summed E-state index contributed by atoms with van der Waals surface area (Å²) in [5.74, 6) is -0.111. The molecule has 0 saturated carbocycles. The standard InChI is InChI=1S/C44H86N2O6/c1-4-7-10-13-16-22-31-42(32-23-17-14-11-8-5-2)52-44(48)34-24-18-15-19-26-36-46(38-35-45-49)37-27-21-25-33-43(47)51-41-30-29-40-50-39-28-20-12-9-6-3/h42H,4-41H2,1-3H3. The van der Waals surface area contributed by atoms with Crippen LogP contribution in [-0.2, 0) is 23.8 Å². The van der Waals surface area contributed by atoms with Crippen molar-refractivity contribution in [3.05, 3.63) is 4.91 Å². The van der Waals surface area contributed by atoms with E-state index in [0.29, 0.717) is 32.5 Å². The molecule has 52 heavy (non-hydrogen) atoms. The molecule has 0 unspecified atom stereocenters. The highest BCUT2D eigenvalue weighted by molar-refractivity contribution is 5.69. The van der Waals surface area contributed by atoms with E-state index in [9.17, 15) is 14.5 Å². The summed E-state index contributed by atoms with van der Waals surface area (Å²) in [4.78, 5) is 37.9. The summed E-state index contributed by atoms with van der Waals surface area (Å²) in [6, 6.07) is 0. The molecule has 0 aliphatic heterocycles. The van der Waals surface area contributed by atoms with Crippen molar-refractivity contribution in [3.63, 3.8) is 0 Å². The van der Waals surface area contributed by atoms with Crippen LogP contribution in [0.15, 0.2) is 5.18 Å². The Morgan fingerprint density at radius 2 is 0.904 bits per heavy atom. The van der Waals surface area contributed by atoms with Crippen LogP contribution in [0, 0.1) is 4.91 Å². The molecule has 8 heteroatoms. The molecule has 0 aromatic rings. The Morgan fingerprint density at radius 1 is 0.481 bits per heavy atom. The van der Waals surface area contributed by atoms with Crippen molar-refractivity contribution in [3.8, 4) is 0 Å². The summed E-state index contributed by atoms with van der Waals surface area (Å²) in [5.41, 5.74) is 0. The van der Waals surface area contributed by atoms with Gasteiger partial charge in [-0.25, -0.2) is 0 Å². The fourth-order valence-electron chi connectivity index (χ4n) is 6.72. The molecule has 0 heterocycles. The number of ether oxygens (including phenoxy) is 3. The summed E-state index contributed by atoms with van der Waals surface area (Å²) in [6.45, 7) is 11.7. The fraction of sp³-hybridized carbons (Fsp3) is 0.955. The number of hydrogen-bond acceptors (Lipinski definition) is 8. The quantitative estimate of drug-likeness (QED) is 0.0349. The highest BCUT2D eigenvalue weighted by atomic mass is 16.5. The molecular weight excluding hydrogens is 652 g/mol. The first-order valence-corrected chi connectivity index (χ1v) is 22.5. The molecule has 0 rings (SSSR count). The molecule has 0 aliphatic carbocycles. The zero-order valence-corrected chi connectivity index (χ0v) is 34.8. The highest BCUT2D eigenvalue weighted by Gasteiger charge is 2.14. The topological polar surface area (TPSA) is 94.5 Å². The maximum Gasteiger partial charge on any atom is 0.306 e. The minimum Gasteiger partial charge on any atom is -0.466 e. The predicted octanol–water partition coefficient (Wildman–Crippen LogP) is 12.7. The van der Waals surface area contributed by atoms with Crippen molar-refractivity contribution < 1.29 is 23.8 Å². The number of nitroso groups, excluding NO2 is 1. The molecule has 0 aromatic heterocycles. The second-order valence-electron chi connectivity index (χ2n) is 15.2. The SMILES string of the molecule is CCCCCCCCC(CCCCCCCC)OC(=O)CCCCCCCN(CCCCCC(=O)OCCCCOCCCCCCC)CCN=O. The van der Waals surface area contributed by atoms with Gasteiger partial charge in [0, 0.05) is 32.6 Å². The molecule has 0 bridgehead atoms. The van der Waals surface area contributed by atoms with E-state index in [0.717, 1.165) is 110 Å². The van der Waals surface area contributed by atoms with Gasteiger partial charge < -0.3 is 19.1 Å². The van der Waals surface area contributed by atoms with E-state index in [1.54, 1.807) is 0 Å². The number of esters is 2. The van der Waals surface area contributed by atoms with E-state index in [1.807, 2.05) is 0 Å². The normalized spacial score (nSPS) is 11.5. The molecule has 8 nitrogen and oxygen atoms in total. The van der Waals surface area contributed by atoms with Gasteiger partial charge in [-0.1, -0.05) is 142 Å². The molecule has 0 amide bonds. The van der Waals surface area contributed by atoms with Crippen LogP contribution in [0.3, 0.4) is 0 Å². The number of unbranched alkanes of at least 4 members (excludes halogenated alkanes) is 21. The van der Waals surface area contributed by atoms with Crippen molar-refractivity contribution in [1.82, 2.24) is 4.90 Å². The zero-order chi connectivity index (χ0) is 38.0. The van der Waals surface area contributed by atoms with Crippen molar-refractivity contribution in [2.45, 2.75) is 226 Å². The van der Waals surface area contributed by atoms with Gasteiger partial charge in [0.2, 0.25) is 0 Å². The Bertz CT molecular complexity index is 751. The number of hydrogen-bond donors (Lipinski definition) is 0. The third-order valence-electron chi connectivity index (χ3n) is 10.1. The average molecular weight is 739 g/mol. The number of carbonyl (C=O) groups excluding carboxylic acids is 2. The lowest BCUT2D eigenvalue weighted by atomic mass is 10.0. The van der Waals surface area contributed by atoms with Crippen molar-refractivity contribution in [2.75, 3.05) is 46.0 Å². The molecule has 0 N–H and O–H groups in total. The van der Waals surface area contributed by atoms with Gasteiger partial charge >= 0.3 is 11.9 Å².